The van der Waals surface area contributed by atoms with E-state index in [1.807, 2.05) is 44.2 Å². The molecule has 2 heterocycles. The molecule has 2 aromatic rings. The van der Waals surface area contributed by atoms with Crippen molar-refractivity contribution in [2.24, 2.45) is 5.92 Å². The minimum atomic E-state index is -0.273. The number of halogens is 1. The van der Waals surface area contributed by atoms with E-state index in [9.17, 15) is 4.79 Å². The Morgan fingerprint density at radius 1 is 1.26 bits per heavy atom. The van der Waals surface area contributed by atoms with Gasteiger partial charge in [-0.15, -0.1) is 0 Å². The first kappa shape index (κ1) is 22.7. The molecule has 0 fully saturated rings. The van der Waals surface area contributed by atoms with E-state index in [0.29, 0.717) is 30.0 Å². The molecule has 1 aliphatic rings. The number of rotatable bonds is 7. The second-order valence-corrected chi connectivity index (χ2v) is 8.56. The molecule has 0 saturated heterocycles. The van der Waals surface area contributed by atoms with E-state index < -0.39 is 0 Å². The first-order chi connectivity index (χ1) is 14.8. The SMILES string of the molecule is CC(C)CN(NC(=O)c1ccc(CN2C(C)C=CC2C)cc1)c1nc(C#N)ncc1Cl. The van der Waals surface area contributed by atoms with E-state index in [-0.39, 0.29) is 22.7 Å². The van der Waals surface area contributed by atoms with Crippen LogP contribution in [0.25, 0.3) is 0 Å². The standard InChI is InChI=1S/C23H27ClN6O/c1-15(2)13-30(22-20(24)12-26-21(11-25)27-22)28-23(31)19-9-7-18(8-10-19)14-29-16(3)5-6-17(29)4/h5-10,12,15-17H,13-14H2,1-4H3,(H,28,31). The molecule has 162 valence electrons. The van der Waals surface area contributed by atoms with Crippen molar-refractivity contribution in [2.45, 2.75) is 46.3 Å². The quantitative estimate of drug-likeness (QED) is 0.520. The molecule has 1 N–H and O–H groups in total. The van der Waals surface area contributed by atoms with Crippen LogP contribution in [-0.4, -0.2) is 39.4 Å². The first-order valence-electron chi connectivity index (χ1n) is 10.3. The minimum Gasteiger partial charge on any atom is -0.287 e. The summed E-state index contributed by atoms with van der Waals surface area (Å²) in [4.78, 5) is 23.3. The number of amides is 1. The molecule has 1 aromatic heterocycles. The third kappa shape index (κ3) is 5.60. The zero-order chi connectivity index (χ0) is 22.5. The molecule has 8 heteroatoms. The number of anilines is 1. The predicted octanol–water partition coefficient (Wildman–Crippen LogP) is 3.96. The number of hydrogen-bond acceptors (Lipinski definition) is 6. The molecule has 1 amide bonds. The van der Waals surface area contributed by atoms with Gasteiger partial charge >= 0.3 is 0 Å². The lowest BCUT2D eigenvalue weighted by Gasteiger charge is -2.27. The average molecular weight is 439 g/mol. The zero-order valence-electron chi connectivity index (χ0n) is 18.2. The molecule has 0 radical (unpaired) electrons. The van der Waals surface area contributed by atoms with Gasteiger partial charge in [0.2, 0.25) is 5.82 Å². The number of carbonyl (C=O) groups is 1. The molecule has 0 spiro atoms. The normalized spacial score (nSPS) is 18.2. The van der Waals surface area contributed by atoms with Crippen molar-refractivity contribution in [2.75, 3.05) is 11.6 Å². The van der Waals surface area contributed by atoms with Gasteiger partial charge in [0.1, 0.15) is 11.1 Å². The van der Waals surface area contributed by atoms with Crippen molar-refractivity contribution >= 4 is 23.3 Å². The van der Waals surface area contributed by atoms with E-state index in [4.69, 9.17) is 16.9 Å². The van der Waals surface area contributed by atoms with Crippen LogP contribution >= 0.6 is 11.6 Å². The fraction of sp³-hybridized carbons (Fsp3) is 0.391. The number of hydrazine groups is 1. The summed E-state index contributed by atoms with van der Waals surface area (Å²) < 4.78 is 0. The van der Waals surface area contributed by atoms with Gasteiger partial charge in [0.15, 0.2) is 5.82 Å². The second kappa shape index (κ2) is 9.90. The van der Waals surface area contributed by atoms with E-state index in [1.54, 1.807) is 5.01 Å². The Kier molecular flexibility index (Phi) is 7.26. The smallest absolute Gasteiger partial charge is 0.269 e. The molecule has 7 nitrogen and oxygen atoms in total. The Morgan fingerprint density at radius 2 is 1.90 bits per heavy atom. The van der Waals surface area contributed by atoms with Crippen molar-refractivity contribution in [3.63, 3.8) is 0 Å². The number of hydrogen-bond donors (Lipinski definition) is 1. The molecule has 1 aromatic carbocycles. The van der Waals surface area contributed by atoms with Crippen molar-refractivity contribution in [3.05, 3.63) is 64.6 Å². The maximum Gasteiger partial charge on any atom is 0.269 e. The number of carbonyl (C=O) groups excluding carboxylic acids is 1. The number of nitrogens with one attached hydrogen (secondary N) is 1. The highest BCUT2D eigenvalue weighted by molar-refractivity contribution is 6.32. The van der Waals surface area contributed by atoms with Crippen LogP contribution in [0.15, 0.2) is 42.6 Å². The summed E-state index contributed by atoms with van der Waals surface area (Å²) in [7, 11) is 0. The summed E-state index contributed by atoms with van der Waals surface area (Å²) in [5.74, 6) is 0.241. The predicted molar refractivity (Wildman–Crippen MR) is 121 cm³/mol. The largest absolute Gasteiger partial charge is 0.287 e. The van der Waals surface area contributed by atoms with Gasteiger partial charge in [0.05, 0.1) is 6.20 Å². The fourth-order valence-electron chi connectivity index (χ4n) is 3.51. The Balaban J connectivity index is 1.74. The molecule has 31 heavy (non-hydrogen) atoms. The fourth-order valence-corrected chi connectivity index (χ4v) is 3.71. The topological polar surface area (TPSA) is 85.2 Å². The first-order valence-corrected chi connectivity index (χ1v) is 10.7. The summed E-state index contributed by atoms with van der Waals surface area (Å²) in [6, 6.07) is 10.3. The monoisotopic (exact) mass is 438 g/mol. The van der Waals surface area contributed by atoms with Crippen molar-refractivity contribution < 1.29 is 4.79 Å². The average Bonchev–Trinajstić information content (AvgIpc) is 3.06. The number of nitrogens with zero attached hydrogens (tertiary/aromatic N) is 5. The lowest BCUT2D eigenvalue weighted by Crippen LogP contribution is -2.45. The molecule has 0 aliphatic carbocycles. The molecule has 0 saturated carbocycles. The highest BCUT2D eigenvalue weighted by Gasteiger charge is 2.22. The highest BCUT2D eigenvalue weighted by atomic mass is 35.5. The number of nitriles is 1. The van der Waals surface area contributed by atoms with Gasteiger partial charge in [-0.3, -0.25) is 20.1 Å². The Bertz CT molecular complexity index is 986. The zero-order valence-corrected chi connectivity index (χ0v) is 19.0. The lowest BCUT2D eigenvalue weighted by molar-refractivity contribution is 0.0947. The summed E-state index contributed by atoms with van der Waals surface area (Å²) >= 11 is 6.25. The van der Waals surface area contributed by atoms with Crippen molar-refractivity contribution in [3.8, 4) is 6.07 Å². The highest BCUT2D eigenvalue weighted by Crippen LogP contribution is 2.23. The van der Waals surface area contributed by atoms with Gasteiger partial charge in [-0.2, -0.15) is 10.2 Å². The van der Waals surface area contributed by atoms with Crippen molar-refractivity contribution in [1.82, 2.24) is 20.3 Å². The van der Waals surface area contributed by atoms with Gasteiger partial charge in [0, 0.05) is 30.7 Å². The van der Waals surface area contributed by atoms with Crippen LogP contribution in [0.2, 0.25) is 5.02 Å². The van der Waals surface area contributed by atoms with Crippen LogP contribution in [0.3, 0.4) is 0 Å². The molecule has 3 rings (SSSR count). The second-order valence-electron chi connectivity index (χ2n) is 8.16. The van der Waals surface area contributed by atoms with E-state index in [1.165, 1.54) is 6.20 Å². The van der Waals surface area contributed by atoms with Gasteiger partial charge in [-0.25, -0.2) is 4.98 Å². The van der Waals surface area contributed by atoms with Crippen LogP contribution in [-0.2, 0) is 6.54 Å². The Labute approximate surface area is 188 Å². The van der Waals surface area contributed by atoms with E-state index in [2.05, 4.69) is 46.3 Å². The van der Waals surface area contributed by atoms with Crippen LogP contribution < -0.4 is 10.4 Å². The molecule has 2 atom stereocenters. The van der Waals surface area contributed by atoms with E-state index >= 15 is 0 Å². The number of aromatic nitrogens is 2. The third-order valence-electron chi connectivity index (χ3n) is 5.16. The Hall–Kier alpha value is -2.95. The molecule has 1 aliphatic heterocycles. The Morgan fingerprint density at radius 3 is 2.48 bits per heavy atom. The molecule has 0 bridgehead atoms. The summed E-state index contributed by atoms with van der Waals surface area (Å²) in [5.41, 5.74) is 4.55. The van der Waals surface area contributed by atoms with Crippen LogP contribution in [0, 0.1) is 17.2 Å². The van der Waals surface area contributed by atoms with Gasteiger partial charge in [-0.1, -0.05) is 49.7 Å². The maximum absolute atomic E-state index is 12.9. The molecule has 2 unspecified atom stereocenters. The van der Waals surface area contributed by atoms with Crippen LogP contribution in [0.4, 0.5) is 5.82 Å². The minimum absolute atomic E-state index is 0.00776. The molecular formula is C23H27ClN6O. The van der Waals surface area contributed by atoms with Gasteiger partial charge in [-0.05, 0) is 37.5 Å². The van der Waals surface area contributed by atoms with Crippen LogP contribution in [0.1, 0.15) is 49.4 Å². The molecular weight excluding hydrogens is 412 g/mol. The summed E-state index contributed by atoms with van der Waals surface area (Å²) in [6.07, 6.45) is 5.80. The van der Waals surface area contributed by atoms with E-state index in [0.717, 1.165) is 12.1 Å². The lowest BCUT2D eigenvalue weighted by atomic mass is 10.1. The maximum atomic E-state index is 12.9. The van der Waals surface area contributed by atoms with Crippen molar-refractivity contribution in [1.29, 1.82) is 5.26 Å². The third-order valence-corrected chi connectivity index (χ3v) is 5.43. The summed E-state index contributed by atoms with van der Waals surface area (Å²) in [6.45, 7) is 9.70. The summed E-state index contributed by atoms with van der Waals surface area (Å²) in [5, 5.41) is 10.9. The van der Waals surface area contributed by atoms with Crippen LogP contribution in [0.5, 0.6) is 0 Å². The number of benzene rings is 1. The van der Waals surface area contributed by atoms with Gasteiger partial charge in [0.25, 0.3) is 5.91 Å². The van der Waals surface area contributed by atoms with Gasteiger partial charge < -0.3 is 0 Å².